The molecule has 1 aliphatic rings. The highest BCUT2D eigenvalue weighted by atomic mass is 35.5. The van der Waals surface area contributed by atoms with Gasteiger partial charge in [-0.3, -0.25) is 4.79 Å². The summed E-state index contributed by atoms with van der Waals surface area (Å²) in [5.41, 5.74) is 1.37. The van der Waals surface area contributed by atoms with Crippen LogP contribution in [0.4, 0.5) is 10.5 Å². The Kier molecular flexibility index (Phi) is 12.4. The minimum Gasteiger partial charge on any atom is -0.383 e. The number of anilines is 1. The van der Waals surface area contributed by atoms with Crippen molar-refractivity contribution in [3.8, 4) is 0 Å². The van der Waals surface area contributed by atoms with Gasteiger partial charge < -0.3 is 19.9 Å². The zero-order chi connectivity index (χ0) is 29.3. The summed E-state index contributed by atoms with van der Waals surface area (Å²) < 4.78 is 32.1. The molecule has 0 unspecified atom stereocenters. The van der Waals surface area contributed by atoms with Crippen LogP contribution in [0.2, 0.25) is 15.1 Å². The summed E-state index contributed by atoms with van der Waals surface area (Å²) >= 11 is 18.2. The third-order valence-corrected chi connectivity index (χ3v) is 9.63. The topological polar surface area (TPSA) is 99.3 Å². The highest BCUT2D eigenvalue weighted by Gasteiger charge is 2.32. The molecule has 2 aromatic rings. The number of hydrogen-bond donors (Lipinski definition) is 1. The van der Waals surface area contributed by atoms with Gasteiger partial charge in [0.2, 0.25) is 15.9 Å². The molecule has 1 heterocycles. The number of nitrogens with one attached hydrogen (secondary N) is 1. The first-order valence-corrected chi connectivity index (χ1v) is 15.8. The van der Waals surface area contributed by atoms with Gasteiger partial charge in [-0.1, -0.05) is 53.9 Å². The van der Waals surface area contributed by atoms with E-state index in [2.05, 4.69) is 5.32 Å². The molecule has 220 valence electrons. The predicted molar refractivity (Wildman–Crippen MR) is 160 cm³/mol. The lowest BCUT2D eigenvalue weighted by molar-refractivity contribution is -0.135. The lowest BCUT2D eigenvalue weighted by Gasteiger charge is -2.39. The second-order valence-corrected chi connectivity index (χ2v) is 12.9. The Balaban J connectivity index is 1.74. The number of ether oxygens (including phenoxy) is 1. The fraction of sp³-hybridized carbons (Fsp3) is 0.481. The number of rotatable bonds is 12. The average Bonchev–Trinajstić information content (AvgIpc) is 2.91. The van der Waals surface area contributed by atoms with E-state index in [1.54, 1.807) is 47.1 Å². The summed E-state index contributed by atoms with van der Waals surface area (Å²) in [6, 6.07) is 11.6. The van der Waals surface area contributed by atoms with E-state index in [1.165, 1.54) is 11.4 Å². The van der Waals surface area contributed by atoms with Crippen LogP contribution >= 0.6 is 34.8 Å². The zero-order valence-corrected chi connectivity index (χ0v) is 25.7. The van der Waals surface area contributed by atoms with Crippen molar-refractivity contribution in [2.75, 3.05) is 51.0 Å². The van der Waals surface area contributed by atoms with Crippen molar-refractivity contribution in [2.45, 2.75) is 38.8 Å². The second-order valence-electron chi connectivity index (χ2n) is 9.57. The second kappa shape index (κ2) is 15.2. The molecule has 1 saturated heterocycles. The van der Waals surface area contributed by atoms with Gasteiger partial charge in [0, 0.05) is 50.0 Å². The maximum atomic E-state index is 13.7. The molecule has 13 heteroatoms. The molecule has 1 fully saturated rings. The summed E-state index contributed by atoms with van der Waals surface area (Å²) in [5.74, 6) is -0.362. The Morgan fingerprint density at radius 3 is 2.42 bits per heavy atom. The molecule has 40 heavy (non-hydrogen) atoms. The number of likely N-dealkylation sites (tertiary alicyclic amines) is 1. The number of halogens is 3. The van der Waals surface area contributed by atoms with Gasteiger partial charge in [-0.2, -0.15) is 4.31 Å². The minimum absolute atomic E-state index is 0.0510. The van der Waals surface area contributed by atoms with E-state index in [9.17, 15) is 18.0 Å². The number of benzene rings is 2. The maximum absolute atomic E-state index is 13.7. The quantitative estimate of drug-likeness (QED) is 0.339. The van der Waals surface area contributed by atoms with Crippen LogP contribution < -0.4 is 5.32 Å². The molecule has 0 atom stereocenters. The van der Waals surface area contributed by atoms with E-state index in [0.29, 0.717) is 53.1 Å². The number of hydrogen-bond acceptors (Lipinski definition) is 5. The highest BCUT2D eigenvalue weighted by Crippen LogP contribution is 2.26. The Bertz CT molecular complexity index is 1270. The van der Waals surface area contributed by atoms with Gasteiger partial charge in [0.05, 0.1) is 28.9 Å². The largest absolute Gasteiger partial charge is 0.383 e. The van der Waals surface area contributed by atoms with Gasteiger partial charge in [0.25, 0.3) is 0 Å². The van der Waals surface area contributed by atoms with Crippen molar-refractivity contribution >= 4 is 62.5 Å². The summed E-state index contributed by atoms with van der Waals surface area (Å²) in [4.78, 5) is 30.0. The van der Waals surface area contributed by atoms with Gasteiger partial charge >= 0.3 is 6.03 Å². The molecule has 9 nitrogen and oxygen atoms in total. The molecule has 3 rings (SSSR count). The molecule has 1 aliphatic heterocycles. The van der Waals surface area contributed by atoms with Crippen molar-refractivity contribution in [3.05, 3.63) is 63.1 Å². The summed E-state index contributed by atoms with van der Waals surface area (Å²) in [6.07, 6.45) is 1.50. The van der Waals surface area contributed by atoms with E-state index >= 15 is 0 Å². The van der Waals surface area contributed by atoms with Crippen molar-refractivity contribution in [1.82, 2.24) is 14.1 Å². The first kappa shape index (κ1) is 32.4. The molecule has 0 radical (unpaired) electrons. The van der Waals surface area contributed by atoms with E-state index < -0.39 is 10.0 Å². The Labute approximate surface area is 251 Å². The SMILES string of the molecule is CCCS(=O)(=O)N(CCOC)CC(=O)N(Cc1cccc(Cl)c1)C1CCN(C(=O)Nc2ccc(Cl)c(Cl)c2)CC1. The van der Waals surface area contributed by atoms with E-state index in [1.807, 2.05) is 12.1 Å². The minimum atomic E-state index is -3.63. The lowest BCUT2D eigenvalue weighted by atomic mass is 10.0. The Morgan fingerprint density at radius 1 is 1.07 bits per heavy atom. The highest BCUT2D eigenvalue weighted by molar-refractivity contribution is 7.89. The number of nitrogens with zero attached hydrogens (tertiary/aromatic N) is 3. The molecule has 0 spiro atoms. The van der Waals surface area contributed by atoms with Gasteiger partial charge in [-0.25, -0.2) is 13.2 Å². The van der Waals surface area contributed by atoms with E-state index in [-0.39, 0.29) is 50.0 Å². The van der Waals surface area contributed by atoms with Gasteiger partial charge in [-0.05, 0) is 55.2 Å². The lowest BCUT2D eigenvalue weighted by Crippen LogP contribution is -2.52. The third kappa shape index (κ3) is 9.22. The van der Waals surface area contributed by atoms with E-state index in [4.69, 9.17) is 39.5 Å². The molecular weight excluding hydrogens is 599 g/mol. The average molecular weight is 634 g/mol. The van der Waals surface area contributed by atoms with Crippen molar-refractivity contribution in [2.24, 2.45) is 0 Å². The van der Waals surface area contributed by atoms with Gasteiger partial charge in [0.1, 0.15) is 0 Å². The monoisotopic (exact) mass is 632 g/mol. The standard InChI is InChI=1S/C27H35Cl3N4O5S/c1-3-15-40(37,38)33(13-14-39-2)19-26(35)34(18-20-5-4-6-21(28)16-20)23-9-11-32(12-10-23)27(36)31-22-7-8-24(29)25(30)17-22/h4-8,16-17,23H,3,9-15,18-19H2,1-2H3,(H,31,36). The van der Waals surface area contributed by atoms with Crippen LogP contribution in [0.3, 0.4) is 0 Å². The first-order valence-electron chi connectivity index (χ1n) is 13.1. The number of carbonyl (C=O) groups excluding carboxylic acids is 2. The summed E-state index contributed by atoms with van der Waals surface area (Å²) in [5, 5.41) is 4.12. The molecule has 2 aromatic carbocycles. The summed E-state index contributed by atoms with van der Waals surface area (Å²) in [7, 11) is -2.14. The van der Waals surface area contributed by atoms with Crippen LogP contribution in [0.15, 0.2) is 42.5 Å². The summed E-state index contributed by atoms with van der Waals surface area (Å²) in [6.45, 7) is 2.86. The predicted octanol–water partition coefficient (Wildman–Crippen LogP) is 5.36. The molecule has 0 aromatic heterocycles. The zero-order valence-electron chi connectivity index (χ0n) is 22.6. The van der Waals surface area contributed by atoms with Crippen molar-refractivity contribution < 1.29 is 22.7 Å². The number of amides is 3. The number of piperidine rings is 1. The molecular formula is C27H35Cl3N4O5S. The molecule has 0 aliphatic carbocycles. The third-order valence-electron chi connectivity index (χ3n) is 6.64. The number of carbonyl (C=O) groups is 2. The molecule has 1 N–H and O–H groups in total. The fourth-order valence-corrected chi connectivity index (χ4v) is 6.49. The fourth-order valence-electron chi connectivity index (χ4n) is 4.55. The number of sulfonamides is 1. The van der Waals surface area contributed by atoms with Gasteiger partial charge in [0.15, 0.2) is 0 Å². The maximum Gasteiger partial charge on any atom is 0.321 e. The Hall–Kier alpha value is -2.08. The molecule has 3 amide bonds. The van der Waals surface area contributed by atoms with E-state index in [0.717, 1.165) is 5.56 Å². The molecule has 0 saturated carbocycles. The smallest absolute Gasteiger partial charge is 0.321 e. The first-order chi connectivity index (χ1) is 19.0. The normalized spacial score (nSPS) is 14.4. The van der Waals surface area contributed by atoms with Crippen LogP contribution in [0.5, 0.6) is 0 Å². The van der Waals surface area contributed by atoms with Crippen molar-refractivity contribution in [1.29, 1.82) is 0 Å². The van der Waals surface area contributed by atoms with Crippen molar-refractivity contribution in [3.63, 3.8) is 0 Å². The molecule has 0 bridgehead atoms. The van der Waals surface area contributed by atoms with Crippen LogP contribution in [0.25, 0.3) is 0 Å². The Morgan fingerprint density at radius 2 is 1.80 bits per heavy atom. The van der Waals surface area contributed by atoms with Crippen LogP contribution in [-0.2, 0) is 26.1 Å². The van der Waals surface area contributed by atoms with Crippen LogP contribution in [0, 0.1) is 0 Å². The van der Waals surface area contributed by atoms with Crippen LogP contribution in [0.1, 0.15) is 31.7 Å². The van der Waals surface area contributed by atoms with Crippen LogP contribution in [-0.4, -0.2) is 86.2 Å². The number of urea groups is 1. The number of methoxy groups -OCH3 is 1. The van der Waals surface area contributed by atoms with Gasteiger partial charge in [-0.15, -0.1) is 0 Å².